The number of hydrogen-bond acceptors (Lipinski definition) is 4. The van der Waals surface area contributed by atoms with Gasteiger partial charge < -0.3 is 15.4 Å². The minimum atomic E-state index is -4.28. The summed E-state index contributed by atoms with van der Waals surface area (Å²) in [6, 6.07) is 6.80. The van der Waals surface area contributed by atoms with Crippen LogP contribution in [-0.2, 0) is 4.74 Å². The van der Waals surface area contributed by atoms with Crippen molar-refractivity contribution in [2.24, 2.45) is 0 Å². The van der Waals surface area contributed by atoms with Gasteiger partial charge in [0.1, 0.15) is 0 Å². The average molecular weight is 320 g/mol. The van der Waals surface area contributed by atoms with Crippen LogP contribution in [0.25, 0.3) is 0 Å². The standard InChI is InChI=1S/C14H19F3N2OS/c1-10(8-11-9-20-7-6-18-11)19-12-4-2-3-5-13(12)21-14(15,16)17/h2-5,10-11,18-19H,6-9H2,1H3. The zero-order valence-corrected chi connectivity index (χ0v) is 12.6. The number of hydrogen-bond donors (Lipinski definition) is 2. The number of ether oxygens (including phenoxy) is 1. The van der Waals surface area contributed by atoms with Crippen molar-refractivity contribution < 1.29 is 17.9 Å². The third-order valence-electron chi connectivity index (χ3n) is 3.15. The number of thioether (sulfide) groups is 1. The summed E-state index contributed by atoms with van der Waals surface area (Å²) in [5, 5.41) is 6.50. The Labute approximate surface area is 126 Å². The second kappa shape index (κ2) is 7.38. The molecule has 0 radical (unpaired) electrons. The van der Waals surface area contributed by atoms with Crippen LogP contribution in [0.4, 0.5) is 18.9 Å². The van der Waals surface area contributed by atoms with Crippen LogP contribution in [0, 0.1) is 0 Å². The van der Waals surface area contributed by atoms with Crippen molar-refractivity contribution in [2.45, 2.75) is 35.8 Å². The van der Waals surface area contributed by atoms with E-state index in [4.69, 9.17) is 4.74 Å². The molecule has 2 N–H and O–H groups in total. The third kappa shape index (κ3) is 5.76. The van der Waals surface area contributed by atoms with Crippen molar-refractivity contribution in [3.63, 3.8) is 0 Å². The molecule has 0 aromatic heterocycles. The second-order valence-electron chi connectivity index (χ2n) is 5.05. The molecule has 0 spiro atoms. The van der Waals surface area contributed by atoms with Crippen LogP contribution in [0.1, 0.15) is 13.3 Å². The molecule has 1 aliphatic rings. The maximum atomic E-state index is 12.5. The van der Waals surface area contributed by atoms with Crippen LogP contribution in [0.2, 0.25) is 0 Å². The number of alkyl halides is 3. The molecule has 2 atom stereocenters. The van der Waals surface area contributed by atoms with E-state index in [0.717, 1.165) is 13.0 Å². The lowest BCUT2D eigenvalue weighted by Crippen LogP contribution is -2.43. The molecular formula is C14H19F3N2OS. The summed E-state index contributed by atoms with van der Waals surface area (Å²) in [5.41, 5.74) is -3.76. The highest BCUT2D eigenvalue weighted by Gasteiger charge is 2.30. The Balaban J connectivity index is 1.94. The van der Waals surface area contributed by atoms with E-state index >= 15 is 0 Å². The van der Waals surface area contributed by atoms with Crippen LogP contribution < -0.4 is 10.6 Å². The predicted molar refractivity (Wildman–Crippen MR) is 78.7 cm³/mol. The second-order valence-corrected chi connectivity index (χ2v) is 6.16. The molecule has 7 heteroatoms. The lowest BCUT2D eigenvalue weighted by atomic mass is 10.1. The summed E-state index contributed by atoms with van der Waals surface area (Å²) in [5.74, 6) is 0. The van der Waals surface area contributed by atoms with E-state index in [1.807, 2.05) is 6.92 Å². The lowest BCUT2D eigenvalue weighted by molar-refractivity contribution is -0.0327. The fourth-order valence-corrected chi connectivity index (χ4v) is 2.95. The average Bonchev–Trinajstić information content (AvgIpc) is 2.40. The van der Waals surface area contributed by atoms with Crippen LogP contribution in [0.5, 0.6) is 0 Å². The summed E-state index contributed by atoms with van der Waals surface area (Å²) in [7, 11) is 0. The summed E-state index contributed by atoms with van der Waals surface area (Å²) >= 11 is -0.0874. The molecule has 21 heavy (non-hydrogen) atoms. The van der Waals surface area contributed by atoms with E-state index in [1.165, 1.54) is 6.07 Å². The SMILES string of the molecule is CC(CC1COCCN1)Nc1ccccc1SC(F)(F)F. The molecule has 2 rings (SSSR count). The normalized spacial score (nSPS) is 21.0. The summed E-state index contributed by atoms with van der Waals surface area (Å²) in [6.45, 7) is 4.14. The van der Waals surface area contributed by atoms with E-state index in [9.17, 15) is 13.2 Å². The van der Waals surface area contributed by atoms with Gasteiger partial charge >= 0.3 is 5.51 Å². The van der Waals surface area contributed by atoms with Gasteiger partial charge in [-0.1, -0.05) is 12.1 Å². The number of morpholine rings is 1. The van der Waals surface area contributed by atoms with Gasteiger partial charge in [0.2, 0.25) is 0 Å². The Bertz CT molecular complexity index is 450. The fourth-order valence-electron chi connectivity index (χ4n) is 2.32. The van der Waals surface area contributed by atoms with Crippen molar-refractivity contribution in [1.29, 1.82) is 0 Å². The Hall–Kier alpha value is -0.920. The van der Waals surface area contributed by atoms with E-state index < -0.39 is 5.51 Å². The van der Waals surface area contributed by atoms with Gasteiger partial charge in [0.15, 0.2) is 0 Å². The van der Waals surface area contributed by atoms with Gasteiger partial charge in [-0.25, -0.2) is 0 Å². The largest absolute Gasteiger partial charge is 0.446 e. The molecule has 1 saturated heterocycles. The molecule has 0 aliphatic carbocycles. The topological polar surface area (TPSA) is 33.3 Å². The first-order chi connectivity index (χ1) is 9.94. The molecule has 0 bridgehead atoms. The Morgan fingerprint density at radius 2 is 2.19 bits per heavy atom. The van der Waals surface area contributed by atoms with Crippen LogP contribution in [0.3, 0.4) is 0 Å². The summed E-state index contributed by atoms with van der Waals surface area (Å²) in [6.07, 6.45) is 0.797. The van der Waals surface area contributed by atoms with Gasteiger partial charge in [0.25, 0.3) is 0 Å². The summed E-state index contributed by atoms with van der Waals surface area (Å²) < 4.78 is 43.0. The van der Waals surface area contributed by atoms with Crippen LogP contribution >= 0.6 is 11.8 Å². The lowest BCUT2D eigenvalue weighted by Gasteiger charge is -2.27. The van der Waals surface area contributed by atoms with E-state index in [1.54, 1.807) is 18.2 Å². The zero-order chi connectivity index (χ0) is 15.3. The van der Waals surface area contributed by atoms with Gasteiger partial charge in [0, 0.05) is 29.2 Å². The zero-order valence-electron chi connectivity index (χ0n) is 11.7. The molecule has 0 saturated carbocycles. The first-order valence-corrected chi connectivity index (χ1v) is 7.68. The third-order valence-corrected chi connectivity index (χ3v) is 3.96. The van der Waals surface area contributed by atoms with E-state index in [-0.39, 0.29) is 28.7 Å². The number of benzene rings is 1. The van der Waals surface area contributed by atoms with Gasteiger partial charge in [-0.15, -0.1) is 0 Å². The van der Waals surface area contributed by atoms with E-state index in [0.29, 0.717) is 18.9 Å². The van der Waals surface area contributed by atoms with Gasteiger partial charge in [0.05, 0.1) is 13.2 Å². The Morgan fingerprint density at radius 1 is 1.43 bits per heavy atom. The number of anilines is 1. The molecule has 118 valence electrons. The number of para-hydroxylation sites is 1. The first-order valence-electron chi connectivity index (χ1n) is 6.86. The molecule has 1 heterocycles. The van der Waals surface area contributed by atoms with E-state index in [2.05, 4.69) is 10.6 Å². The molecule has 2 unspecified atom stereocenters. The fraction of sp³-hybridized carbons (Fsp3) is 0.571. The minimum Gasteiger partial charge on any atom is -0.382 e. The van der Waals surface area contributed by atoms with Crippen molar-refractivity contribution >= 4 is 17.4 Å². The van der Waals surface area contributed by atoms with Gasteiger partial charge in [-0.05, 0) is 37.2 Å². The maximum Gasteiger partial charge on any atom is 0.446 e. The number of nitrogens with one attached hydrogen (secondary N) is 2. The van der Waals surface area contributed by atoms with Gasteiger partial charge in [-0.2, -0.15) is 13.2 Å². The molecule has 3 nitrogen and oxygen atoms in total. The Kier molecular flexibility index (Phi) is 5.78. The predicted octanol–water partition coefficient (Wildman–Crippen LogP) is 3.48. The van der Waals surface area contributed by atoms with Crippen molar-refractivity contribution in [2.75, 3.05) is 25.1 Å². The quantitative estimate of drug-likeness (QED) is 0.814. The minimum absolute atomic E-state index is 0.0548. The molecular weight excluding hydrogens is 301 g/mol. The molecule has 1 fully saturated rings. The molecule has 1 aliphatic heterocycles. The summed E-state index contributed by atoms with van der Waals surface area (Å²) in [4.78, 5) is 0.199. The van der Waals surface area contributed by atoms with Gasteiger partial charge in [-0.3, -0.25) is 0 Å². The number of rotatable bonds is 5. The van der Waals surface area contributed by atoms with Crippen molar-refractivity contribution in [3.8, 4) is 0 Å². The molecule has 1 aromatic carbocycles. The first kappa shape index (κ1) is 16.5. The van der Waals surface area contributed by atoms with Crippen LogP contribution in [0.15, 0.2) is 29.2 Å². The molecule has 0 amide bonds. The number of halogens is 3. The monoisotopic (exact) mass is 320 g/mol. The van der Waals surface area contributed by atoms with Crippen molar-refractivity contribution in [1.82, 2.24) is 5.32 Å². The highest BCUT2D eigenvalue weighted by molar-refractivity contribution is 8.00. The Morgan fingerprint density at radius 3 is 2.86 bits per heavy atom. The molecule has 1 aromatic rings. The van der Waals surface area contributed by atoms with Crippen LogP contribution in [-0.4, -0.2) is 37.4 Å². The highest BCUT2D eigenvalue weighted by Crippen LogP contribution is 2.40. The highest BCUT2D eigenvalue weighted by atomic mass is 32.2. The maximum absolute atomic E-state index is 12.5. The van der Waals surface area contributed by atoms with Crippen molar-refractivity contribution in [3.05, 3.63) is 24.3 Å². The smallest absolute Gasteiger partial charge is 0.382 e.